The van der Waals surface area contributed by atoms with E-state index in [1.165, 1.54) is 19.3 Å². The van der Waals surface area contributed by atoms with Crippen molar-refractivity contribution < 1.29 is 18.0 Å². The highest BCUT2D eigenvalue weighted by atomic mass is 79.9. The molecule has 2 heterocycles. The van der Waals surface area contributed by atoms with Crippen molar-refractivity contribution in [1.29, 1.82) is 0 Å². The van der Waals surface area contributed by atoms with Crippen LogP contribution in [0.15, 0.2) is 40.9 Å². The molecule has 0 aliphatic heterocycles. The normalized spacial score (nSPS) is 23.6. The molecular weight excluding hydrogens is 485 g/mol. The van der Waals surface area contributed by atoms with Crippen LogP contribution in [0.2, 0.25) is 0 Å². The first-order chi connectivity index (χ1) is 15.2. The molecule has 2 fully saturated rings. The van der Waals surface area contributed by atoms with Crippen LogP contribution in [0.3, 0.4) is 0 Å². The Bertz CT molecular complexity index is 1180. The summed E-state index contributed by atoms with van der Waals surface area (Å²) >= 11 is 3.29. The summed E-state index contributed by atoms with van der Waals surface area (Å²) < 4.78 is 42.4. The number of hydrogen-bond donors (Lipinski definition) is 1. The number of hydrogen-bond acceptors (Lipinski definition) is 3. The van der Waals surface area contributed by atoms with E-state index < -0.39 is 17.8 Å². The summed E-state index contributed by atoms with van der Waals surface area (Å²) in [5.41, 5.74) is -0.417. The molecule has 0 radical (unpaired) electrons. The number of nitrogens with one attached hydrogen (secondary N) is 1. The fourth-order valence-corrected chi connectivity index (χ4v) is 5.90. The van der Waals surface area contributed by atoms with Crippen LogP contribution >= 0.6 is 15.9 Å². The number of benzene rings is 1. The van der Waals surface area contributed by atoms with Gasteiger partial charge in [0.25, 0.3) is 5.91 Å². The molecule has 2 bridgehead atoms. The zero-order valence-corrected chi connectivity index (χ0v) is 18.9. The molecule has 0 saturated heterocycles. The largest absolute Gasteiger partial charge is 0.433 e. The number of rotatable bonds is 4. The van der Waals surface area contributed by atoms with Crippen LogP contribution in [0.4, 0.5) is 13.2 Å². The number of amides is 1. The molecule has 0 spiro atoms. The van der Waals surface area contributed by atoms with Crippen LogP contribution in [0.5, 0.6) is 0 Å². The van der Waals surface area contributed by atoms with Crippen molar-refractivity contribution in [2.24, 2.45) is 17.8 Å². The topological polar surface area (TPSA) is 59.3 Å². The SMILES string of the molecule is C[C@@H](NC(=O)c1nn2c(C(F)(F)F)cc(-c3ccccc3)nc2c1Br)[C@@H]1C[C@H]2CC[C@@H]1C2. The maximum absolute atomic E-state index is 13.9. The Morgan fingerprint density at radius 2 is 1.97 bits per heavy atom. The molecule has 4 atom stereocenters. The van der Waals surface area contributed by atoms with Crippen LogP contribution in [0, 0.1) is 17.8 Å². The lowest BCUT2D eigenvalue weighted by atomic mass is 9.84. The Morgan fingerprint density at radius 3 is 2.59 bits per heavy atom. The molecule has 1 N–H and O–H groups in total. The minimum Gasteiger partial charge on any atom is -0.348 e. The Kier molecular flexibility index (Phi) is 5.27. The monoisotopic (exact) mass is 506 g/mol. The van der Waals surface area contributed by atoms with Crippen LogP contribution in [0.1, 0.15) is 48.8 Å². The molecule has 5 nitrogen and oxygen atoms in total. The minimum atomic E-state index is -4.67. The van der Waals surface area contributed by atoms with Crippen molar-refractivity contribution in [3.05, 3.63) is 52.3 Å². The maximum atomic E-state index is 13.9. The van der Waals surface area contributed by atoms with Crippen molar-refractivity contribution in [1.82, 2.24) is 19.9 Å². The minimum absolute atomic E-state index is 0.0450. The van der Waals surface area contributed by atoms with Gasteiger partial charge in [0.1, 0.15) is 0 Å². The van der Waals surface area contributed by atoms with Gasteiger partial charge >= 0.3 is 6.18 Å². The first-order valence-corrected chi connectivity index (χ1v) is 11.5. The lowest BCUT2D eigenvalue weighted by Gasteiger charge is -2.28. The number of aromatic nitrogens is 3. The molecule has 9 heteroatoms. The lowest BCUT2D eigenvalue weighted by molar-refractivity contribution is -0.142. The van der Waals surface area contributed by atoms with Gasteiger partial charge in [0.15, 0.2) is 17.0 Å². The number of alkyl halides is 3. The highest BCUT2D eigenvalue weighted by molar-refractivity contribution is 9.10. The highest BCUT2D eigenvalue weighted by Gasteiger charge is 2.42. The molecule has 2 aliphatic rings. The summed E-state index contributed by atoms with van der Waals surface area (Å²) in [5, 5.41) is 6.99. The Balaban J connectivity index is 1.51. The Hall–Kier alpha value is -2.42. The third-order valence-corrected chi connectivity index (χ3v) is 7.63. The molecule has 2 aliphatic carbocycles. The number of halogens is 4. The smallest absolute Gasteiger partial charge is 0.348 e. The second-order valence-corrected chi connectivity index (χ2v) is 9.68. The first kappa shape index (κ1) is 21.4. The van der Waals surface area contributed by atoms with Crippen molar-refractivity contribution in [3.8, 4) is 11.3 Å². The highest BCUT2D eigenvalue weighted by Crippen LogP contribution is 2.49. The maximum Gasteiger partial charge on any atom is 0.433 e. The van der Waals surface area contributed by atoms with Crippen molar-refractivity contribution in [2.45, 2.75) is 44.8 Å². The van der Waals surface area contributed by atoms with Crippen LogP contribution in [0.25, 0.3) is 16.9 Å². The molecule has 1 amide bonds. The van der Waals surface area contributed by atoms with Gasteiger partial charge in [-0.25, -0.2) is 9.50 Å². The predicted octanol–water partition coefficient (Wildman–Crippen LogP) is 5.73. The van der Waals surface area contributed by atoms with Gasteiger partial charge < -0.3 is 5.32 Å². The second kappa shape index (κ2) is 7.86. The molecule has 168 valence electrons. The van der Waals surface area contributed by atoms with E-state index in [0.29, 0.717) is 21.9 Å². The standard InChI is InChI=1S/C23H22BrF3N4O/c1-12(16-10-13-7-8-15(16)9-13)28-22(32)20-19(24)21-29-17(14-5-3-2-4-6-14)11-18(23(25,26)27)31(21)30-20/h2-6,11-13,15-16H,7-10H2,1H3,(H,28,32)/t12-,13+,15-,16+/m1/s1. The predicted molar refractivity (Wildman–Crippen MR) is 117 cm³/mol. The average molecular weight is 507 g/mol. The van der Waals surface area contributed by atoms with Crippen LogP contribution in [-0.2, 0) is 6.18 Å². The molecule has 2 saturated carbocycles. The molecule has 3 aromatic rings. The van der Waals surface area contributed by atoms with Gasteiger partial charge in [0.2, 0.25) is 0 Å². The summed E-state index contributed by atoms with van der Waals surface area (Å²) in [6.45, 7) is 1.97. The van der Waals surface area contributed by atoms with Crippen molar-refractivity contribution in [2.75, 3.05) is 0 Å². The van der Waals surface area contributed by atoms with E-state index in [0.717, 1.165) is 18.4 Å². The van der Waals surface area contributed by atoms with Crippen LogP contribution in [-0.4, -0.2) is 26.5 Å². The number of fused-ring (bicyclic) bond motifs is 3. The molecule has 2 aromatic heterocycles. The molecule has 0 unspecified atom stereocenters. The number of carbonyl (C=O) groups excluding carboxylic acids is 1. The van der Waals surface area contributed by atoms with Gasteiger partial charge in [0.05, 0.1) is 10.2 Å². The molecule has 1 aromatic carbocycles. The average Bonchev–Trinajstić information content (AvgIpc) is 3.48. The quantitative estimate of drug-likeness (QED) is 0.491. The van der Waals surface area contributed by atoms with Crippen molar-refractivity contribution >= 4 is 27.5 Å². The van der Waals surface area contributed by atoms with Gasteiger partial charge in [-0.2, -0.15) is 18.3 Å². The zero-order chi connectivity index (χ0) is 22.6. The van der Waals surface area contributed by atoms with E-state index in [4.69, 9.17) is 0 Å². The summed E-state index contributed by atoms with van der Waals surface area (Å²) in [6.07, 6.45) is 0.0905. The molecule has 5 rings (SSSR count). The van der Waals surface area contributed by atoms with Gasteiger partial charge in [0, 0.05) is 11.6 Å². The van der Waals surface area contributed by atoms with Gasteiger partial charge in [-0.15, -0.1) is 0 Å². The summed E-state index contributed by atoms with van der Waals surface area (Å²) in [6, 6.07) is 9.51. The zero-order valence-electron chi connectivity index (χ0n) is 17.4. The van der Waals surface area contributed by atoms with Crippen LogP contribution < -0.4 is 5.32 Å². The van der Waals surface area contributed by atoms with E-state index >= 15 is 0 Å². The van der Waals surface area contributed by atoms with E-state index in [-0.39, 0.29) is 27.5 Å². The number of carbonyl (C=O) groups is 1. The molecule has 32 heavy (non-hydrogen) atoms. The third-order valence-electron chi connectivity index (χ3n) is 6.90. The molecular formula is C23H22BrF3N4O. The number of nitrogens with zero attached hydrogens (tertiary/aromatic N) is 3. The fourth-order valence-electron chi connectivity index (χ4n) is 5.38. The van der Waals surface area contributed by atoms with Gasteiger partial charge in [-0.05, 0) is 65.9 Å². The van der Waals surface area contributed by atoms with Gasteiger partial charge in [-0.1, -0.05) is 36.8 Å². The fraction of sp³-hybridized carbons (Fsp3) is 0.435. The van der Waals surface area contributed by atoms with E-state index in [2.05, 4.69) is 31.3 Å². The van der Waals surface area contributed by atoms with E-state index in [9.17, 15) is 18.0 Å². The summed E-state index contributed by atoms with van der Waals surface area (Å²) in [4.78, 5) is 17.4. The van der Waals surface area contributed by atoms with E-state index in [1.54, 1.807) is 30.3 Å². The van der Waals surface area contributed by atoms with E-state index in [1.807, 2.05) is 6.92 Å². The first-order valence-electron chi connectivity index (χ1n) is 10.7. The Labute approximate surface area is 191 Å². The summed E-state index contributed by atoms with van der Waals surface area (Å²) in [5.74, 6) is 1.27. The Morgan fingerprint density at radius 1 is 1.22 bits per heavy atom. The third kappa shape index (κ3) is 3.70. The van der Waals surface area contributed by atoms with Gasteiger partial charge in [-0.3, -0.25) is 4.79 Å². The lowest BCUT2D eigenvalue weighted by Crippen LogP contribution is -2.40. The van der Waals surface area contributed by atoms with Crippen molar-refractivity contribution in [3.63, 3.8) is 0 Å². The summed E-state index contributed by atoms with van der Waals surface area (Å²) in [7, 11) is 0. The second-order valence-electron chi connectivity index (χ2n) is 8.89.